The van der Waals surface area contributed by atoms with Gasteiger partial charge >= 0.3 is 0 Å². The molecule has 0 bridgehead atoms. The van der Waals surface area contributed by atoms with Crippen LogP contribution in [0, 0.1) is 5.92 Å². The Labute approximate surface area is 196 Å². The Hall–Kier alpha value is -2.52. The van der Waals surface area contributed by atoms with Crippen LogP contribution in [-0.4, -0.2) is 70.5 Å². The summed E-state index contributed by atoms with van der Waals surface area (Å²) in [7, 11) is 1.69. The molecule has 180 valence electrons. The maximum Gasteiger partial charge on any atom is 0.269 e. The number of hydrogen-bond donors (Lipinski definition) is 2. The van der Waals surface area contributed by atoms with Crippen LogP contribution >= 0.6 is 0 Å². The molecular formula is C24H37N7O2. The van der Waals surface area contributed by atoms with E-state index >= 15 is 0 Å². The lowest BCUT2D eigenvalue weighted by Gasteiger charge is -2.30. The predicted molar refractivity (Wildman–Crippen MR) is 128 cm³/mol. The van der Waals surface area contributed by atoms with Crippen molar-refractivity contribution in [2.45, 2.75) is 58.4 Å². The summed E-state index contributed by atoms with van der Waals surface area (Å²) in [5, 5.41) is 7.97. The van der Waals surface area contributed by atoms with Crippen molar-refractivity contribution in [1.82, 2.24) is 24.6 Å². The minimum absolute atomic E-state index is 0.360. The molecule has 2 aromatic rings. The standard InChI is InChI=1S/C24H37N7O2/c1-17-8-13-30(14-9-17)11-4-10-26-24-27-16-18-6-3-7-19-21(23(25)32)29-31(12-5-15-33-2)22(19)20(18)28-24/h16-17H,3-15H2,1-2H3,(H2,25,32)(H,26,27,28). The highest BCUT2D eigenvalue weighted by Gasteiger charge is 2.27. The maximum absolute atomic E-state index is 12.1. The molecule has 0 aromatic carbocycles. The van der Waals surface area contributed by atoms with Gasteiger partial charge in [0, 0.05) is 38.6 Å². The third kappa shape index (κ3) is 5.70. The zero-order valence-corrected chi connectivity index (χ0v) is 20.0. The molecule has 1 saturated heterocycles. The number of anilines is 1. The van der Waals surface area contributed by atoms with Crippen LogP contribution in [-0.2, 0) is 24.1 Å². The number of carbonyl (C=O) groups excluding carboxylic acids is 1. The van der Waals surface area contributed by atoms with Crippen LogP contribution in [0.15, 0.2) is 6.20 Å². The zero-order chi connectivity index (χ0) is 23.2. The first kappa shape index (κ1) is 23.6. The summed E-state index contributed by atoms with van der Waals surface area (Å²) in [6.45, 7) is 7.95. The summed E-state index contributed by atoms with van der Waals surface area (Å²) in [6.07, 6.45) is 8.91. The quantitative estimate of drug-likeness (QED) is 0.530. The van der Waals surface area contributed by atoms with E-state index < -0.39 is 5.91 Å². The Morgan fingerprint density at radius 2 is 2.06 bits per heavy atom. The number of nitrogens with one attached hydrogen (secondary N) is 1. The molecule has 1 fully saturated rings. The number of primary amides is 1. The van der Waals surface area contributed by atoms with Crippen LogP contribution in [0.2, 0.25) is 0 Å². The van der Waals surface area contributed by atoms with Crippen molar-refractivity contribution >= 4 is 11.9 Å². The normalized spacial score (nSPS) is 16.8. The molecule has 1 aliphatic heterocycles. The van der Waals surface area contributed by atoms with Gasteiger partial charge in [-0.15, -0.1) is 0 Å². The number of nitrogens with zero attached hydrogens (tertiary/aromatic N) is 5. The molecule has 1 amide bonds. The first-order chi connectivity index (χ1) is 16.1. The fourth-order valence-electron chi connectivity index (χ4n) is 4.84. The van der Waals surface area contributed by atoms with E-state index in [9.17, 15) is 4.79 Å². The number of piperidine rings is 1. The number of rotatable bonds is 10. The summed E-state index contributed by atoms with van der Waals surface area (Å²) < 4.78 is 7.09. The Morgan fingerprint density at radius 1 is 1.24 bits per heavy atom. The summed E-state index contributed by atoms with van der Waals surface area (Å²) in [6, 6.07) is 0. The summed E-state index contributed by atoms with van der Waals surface area (Å²) in [5.41, 5.74) is 9.79. The van der Waals surface area contributed by atoms with Crippen LogP contribution in [0.25, 0.3) is 11.4 Å². The van der Waals surface area contributed by atoms with E-state index in [-0.39, 0.29) is 0 Å². The molecule has 0 unspecified atom stereocenters. The predicted octanol–water partition coefficient (Wildman–Crippen LogP) is 2.50. The molecule has 0 radical (unpaired) electrons. The smallest absolute Gasteiger partial charge is 0.269 e. The number of methoxy groups -OCH3 is 1. The van der Waals surface area contributed by atoms with E-state index in [0.29, 0.717) is 24.8 Å². The highest BCUT2D eigenvalue weighted by molar-refractivity contribution is 5.94. The van der Waals surface area contributed by atoms with E-state index in [1.54, 1.807) is 7.11 Å². The lowest BCUT2D eigenvalue weighted by molar-refractivity contribution is 0.0993. The number of ether oxygens (including phenoxy) is 1. The van der Waals surface area contributed by atoms with Gasteiger partial charge in [-0.05, 0) is 76.1 Å². The van der Waals surface area contributed by atoms with Gasteiger partial charge < -0.3 is 20.7 Å². The number of aryl methyl sites for hydroxylation is 2. The van der Waals surface area contributed by atoms with Crippen molar-refractivity contribution < 1.29 is 9.53 Å². The molecule has 0 saturated carbocycles. The Bertz CT molecular complexity index is 951. The average Bonchev–Trinajstić information content (AvgIpc) is 3.06. The molecule has 4 rings (SSSR count). The van der Waals surface area contributed by atoms with Crippen molar-refractivity contribution in [2.75, 3.05) is 45.2 Å². The molecule has 33 heavy (non-hydrogen) atoms. The number of carbonyl (C=O) groups is 1. The summed E-state index contributed by atoms with van der Waals surface area (Å²) in [4.78, 5) is 24.1. The fourth-order valence-corrected chi connectivity index (χ4v) is 4.84. The van der Waals surface area contributed by atoms with Crippen molar-refractivity contribution in [3.63, 3.8) is 0 Å². The third-order valence-electron chi connectivity index (χ3n) is 6.77. The minimum atomic E-state index is -0.486. The van der Waals surface area contributed by atoms with Gasteiger partial charge in [0.2, 0.25) is 5.95 Å². The largest absolute Gasteiger partial charge is 0.385 e. The number of amides is 1. The van der Waals surface area contributed by atoms with Crippen molar-refractivity contribution in [3.05, 3.63) is 23.0 Å². The van der Waals surface area contributed by atoms with Gasteiger partial charge in [-0.25, -0.2) is 9.97 Å². The Kier molecular flexibility index (Phi) is 7.93. The van der Waals surface area contributed by atoms with Crippen LogP contribution < -0.4 is 11.1 Å². The van der Waals surface area contributed by atoms with Crippen molar-refractivity contribution in [3.8, 4) is 11.4 Å². The van der Waals surface area contributed by atoms with E-state index in [2.05, 4.69) is 27.2 Å². The monoisotopic (exact) mass is 455 g/mol. The van der Waals surface area contributed by atoms with Gasteiger partial charge in [-0.2, -0.15) is 5.10 Å². The number of hydrogen-bond acceptors (Lipinski definition) is 7. The molecule has 2 aromatic heterocycles. The molecular weight excluding hydrogens is 418 g/mol. The Balaban J connectivity index is 1.49. The van der Waals surface area contributed by atoms with Gasteiger partial charge in [0.05, 0.1) is 11.4 Å². The number of fused-ring (bicyclic) bond motifs is 3. The Morgan fingerprint density at radius 3 is 2.82 bits per heavy atom. The molecule has 9 heteroatoms. The maximum atomic E-state index is 12.1. The van der Waals surface area contributed by atoms with Crippen molar-refractivity contribution in [2.24, 2.45) is 11.7 Å². The van der Waals surface area contributed by atoms with Crippen LogP contribution in [0.1, 0.15) is 60.6 Å². The second-order valence-electron chi connectivity index (χ2n) is 9.34. The van der Waals surface area contributed by atoms with Gasteiger partial charge in [-0.1, -0.05) is 6.92 Å². The topological polar surface area (TPSA) is 111 Å². The second kappa shape index (κ2) is 11.1. The van der Waals surface area contributed by atoms with Crippen LogP contribution in [0.4, 0.5) is 5.95 Å². The minimum Gasteiger partial charge on any atom is -0.385 e. The molecule has 0 spiro atoms. The summed E-state index contributed by atoms with van der Waals surface area (Å²) >= 11 is 0. The van der Waals surface area contributed by atoms with Gasteiger partial charge in [0.1, 0.15) is 0 Å². The van der Waals surface area contributed by atoms with Crippen LogP contribution in [0.5, 0.6) is 0 Å². The van der Waals surface area contributed by atoms with E-state index in [1.807, 2.05) is 10.9 Å². The lowest BCUT2D eigenvalue weighted by atomic mass is 9.99. The molecule has 2 aliphatic rings. The van der Waals surface area contributed by atoms with Gasteiger partial charge in [0.25, 0.3) is 5.91 Å². The summed E-state index contributed by atoms with van der Waals surface area (Å²) in [5.74, 6) is 0.995. The van der Waals surface area contributed by atoms with Gasteiger partial charge in [-0.3, -0.25) is 9.48 Å². The molecule has 3 N–H and O–H groups in total. The first-order valence-electron chi connectivity index (χ1n) is 12.3. The zero-order valence-electron chi connectivity index (χ0n) is 20.0. The number of nitrogens with two attached hydrogens (primary N) is 1. The van der Waals surface area contributed by atoms with Gasteiger partial charge in [0.15, 0.2) is 5.69 Å². The fraction of sp³-hybridized carbons (Fsp3) is 0.667. The van der Waals surface area contributed by atoms with E-state index in [0.717, 1.165) is 73.6 Å². The SMILES string of the molecule is COCCCn1nc(C(N)=O)c2c1-c1nc(NCCCN3CCC(C)CC3)ncc1CCC2. The van der Waals surface area contributed by atoms with Crippen LogP contribution in [0.3, 0.4) is 0 Å². The third-order valence-corrected chi connectivity index (χ3v) is 6.77. The molecule has 3 heterocycles. The first-order valence-corrected chi connectivity index (χ1v) is 12.3. The second-order valence-corrected chi connectivity index (χ2v) is 9.34. The van der Waals surface area contributed by atoms with E-state index in [4.69, 9.17) is 15.5 Å². The molecule has 9 nitrogen and oxygen atoms in total. The van der Waals surface area contributed by atoms with Crippen molar-refractivity contribution in [1.29, 1.82) is 0 Å². The highest BCUT2D eigenvalue weighted by atomic mass is 16.5. The average molecular weight is 456 g/mol. The van der Waals surface area contributed by atoms with E-state index in [1.165, 1.54) is 25.9 Å². The number of likely N-dealkylation sites (tertiary alicyclic amines) is 1. The lowest BCUT2D eigenvalue weighted by Crippen LogP contribution is -2.34. The molecule has 0 atom stereocenters. The highest BCUT2D eigenvalue weighted by Crippen LogP contribution is 2.33. The molecule has 1 aliphatic carbocycles. The number of aromatic nitrogens is 4.